The van der Waals surface area contributed by atoms with E-state index >= 15 is 0 Å². The summed E-state index contributed by atoms with van der Waals surface area (Å²) in [4.78, 5) is 54.2. The van der Waals surface area contributed by atoms with Crippen LogP contribution in [0.2, 0.25) is 10.0 Å². The van der Waals surface area contributed by atoms with Gasteiger partial charge in [0, 0.05) is 122 Å². The molecule has 2 aliphatic carbocycles. The predicted octanol–water partition coefficient (Wildman–Crippen LogP) is 11.9. The van der Waals surface area contributed by atoms with Crippen molar-refractivity contribution in [3.05, 3.63) is 130 Å². The molecule has 4 aliphatic rings. The standard InChI is InChI=1S/C63H79Cl2N9O5/c1-5-74-55-19-11-10-18-51(55)52-35-44(20-22-56(52)74)41-72-31-24-50(25-32-72)79-60-54(65)37-47(39-66-60)59(76)67-42-62(28-12-7-13-29-62)71(4)40-45-15-14-30-63(38-45,70(2)3)43-68-58(75)46-21-23-57(53(64)36-46)78-49-26-33-73(34-27-49)61(77)69-48-16-8-6-9-17-48/h6,8-11,16-23,35-37,39,45,49-50H,5,7,12-15,24-34,38,40-43H2,1-4H3,(H,67,76)(H,68,75)(H,69,77). The highest BCUT2D eigenvalue weighted by Crippen LogP contribution is 2.40. The number of nitrogens with one attached hydrogen (secondary N) is 3. The number of urea groups is 1. The molecule has 2 saturated carbocycles. The van der Waals surface area contributed by atoms with E-state index in [-0.39, 0.29) is 41.1 Å². The van der Waals surface area contributed by atoms with Crippen LogP contribution in [0.4, 0.5) is 10.5 Å². The van der Waals surface area contributed by atoms with Crippen molar-refractivity contribution in [2.75, 3.05) is 72.3 Å². The molecule has 0 bridgehead atoms. The van der Waals surface area contributed by atoms with Crippen LogP contribution in [-0.4, -0.2) is 137 Å². The second kappa shape index (κ2) is 25.3. The summed E-state index contributed by atoms with van der Waals surface area (Å²) in [7, 11) is 6.48. The first-order valence-corrected chi connectivity index (χ1v) is 29.6. The van der Waals surface area contributed by atoms with Crippen LogP contribution >= 0.6 is 23.2 Å². The molecule has 0 radical (unpaired) electrons. The van der Waals surface area contributed by atoms with Gasteiger partial charge in [-0.1, -0.05) is 91.3 Å². The summed E-state index contributed by atoms with van der Waals surface area (Å²) >= 11 is 13.6. The Morgan fingerprint density at radius 3 is 2.06 bits per heavy atom. The second-order valence-corrected chi connectivity index (χ2v) is 23.9. The molecule has 4 heterocycles. The number of aryl methyl sites for hydroxylation is 1. The molecular formula is C63H79Cl2N9O5. The van der Waals surface area contributed by atoms with E-state index in [0.717, 1.165) is 103 Å². The first-order chi connectivity index (χ1) is 38.3. The van der Waals surface area contributed by atoms with Crippen LogP contribution in [0.15, 0.2) is 103 Å². The number of halogens is 2. The number of anilines is 1. The number of hydrogen-bond acceptors (Lipinski definition) is 9. The number of pyridine rings is 1. The Hall–Kier alpha value is -5.90. The van der Waals surface area contributed by atoms with Crippen LogP contribution in [0.25, 0.3) is 21.8 Å². The van der Waals surface area contributed by atoms with Crippen molar-refractivity contribution in [1.82, 2.24) is 39.8 Å². The van der Waals surface area contributed by atoms with Crippen LogP contribution in [0.1, 0.15) is 117 Å². The number of piperidine rings is 2. The number of likely N-dealkylation sites (N-methyl/N-ethyl adjacent to an activating group) is 2. The van der Waals surface area contributed by atoms with Gasteiger partial charge in [-0.05, 0) is 139 Å². The Balaban J connectivity index is 0.684. The number of benzene rings is 4. The second-order valence-electron chi connectivity index (χ2n) is 23.1. The number of carbonyl (C=O) groups is 3. The molecule has 2 saturated heterocycles. The molecule has 6 aromatic rings. The topological polar surface area (TPSA) is 137 Å². The zero-order valence-corrected chi connectivity index (χ0v) is 48.1. The van der Waals surface area contributed by atoms with Crippen molar-refractivity contribution in [2.45, 2.75) is 127 Å². The van der Waals surface area contributed by atoms with E-state index in [4.69, 9.17) is 32.7 Å². The van der Waals surface area contributed by atoms with E-state index in [1.54, 1.807) is 35.4 Å². The third-order valence-electron chi connectivity index (χ3n) is 17.8. The maximum Gasteiger partial charge on any atom is 0.321 e. The quantitative estimate of drug-likeness (QED) is 0.0768. The van der Waals surface area contributed by atoms with Crippen molar-refractivity contribution in [2.24, 2.45) is 5.92 Å². The Morgan fingerprint density at radius 2 is 1.34 bits per heavy atom. The lowest BCUT2D eigenvalue weighted by atomic mass is 9.73. The van der Waals surface area contributed by atoms with E-state index in [9.17, 15) is 14.4 Å². The third kappa shape index (κ3) is 13.2. The monoisotopic (exact) mass is 1110 g/mol. The summed E-state index contributed by atoms with van der Waals surface area (Å²) in [6.07, 6.45) is 14.1. The molecule has 14 nitrogen and oxygen atoms in total. The number of aromatic nitrogens is 2. The SMILES string of the molecule is CCn1c2ccccc2c2cc(CN3CCC(Oc4ncc(C(=O)NCC5(N(C)CC6CCCC(CNC(=O)c7ccc(OC8CCN(C(=O)Nc9ccccc9)CC8)c(Cl)c7)(N(C)C)C6)CCCCC5)cc4Cl)CC3)ccc21. The molecule has 420 valence electrons. The number of fused-ring (bicyclic) bond motifs is 3. The van der Waals surface area contributed by atoms with Gasteiger partial charge >= 0.3 is 6.03 Å². The summed E-state index contributed by atoms with van der Waals surface area (Å²) in [5.41, 5.74) is 5.17. The molecule has 16 heteroatoms. The predicted molar refractivity (Wildman–Crippen MR) is 317 cm³/mol. The fraction of sp³-hybridized carbons (Fsp3) is 0.492. The number of hydrogen-bond donors (Lipinski definition) is 3. The van der Waals surface area contributed by atoms with Gasteiger partial charge in [-0.3, -0.25) is 19.4 Å². The Labute approximate surface area is 476 Å². The van der Waals surface area contributed by atoms with E-state index in [1.165, 1.54) is 33.8 Å². The first-order valence-electron chi connectivity index (χ1n) is 28.9. The number of likely N-dealkylation sites (tertiary alicyclic amines) is 2. The third-order valence-corrected chi connectivity index (χ3v) is 18.4. The minimum absolute atomic E-state index is 0.00614. The molecule has 4 aromatic carbocycles. The van der Waals surface area contributed by atoms with Crippen LogP contribution in [0.5, 0.6) is 11.6 Å². The van der Waals surface area contributed by atoms with E-state index < -0.39 is 0 Å². The van der Waals surface area contributed by atoms with Gasteiger partial charge in [0.25, 0.3) is 11.8 Å². The highest BCUT2D eigenvalue weighted by Gasteiger charge is 2.42. The van der Waals surface area contributed by atoms with Gasteiger partial charge in [0.2, 0.25) is 5.88 Å². The molecule has 10 rings (SSSR count). The molecule has 0 spiro atoms. The number of carbonyl (C=O) groups excluding carboxylic acids is 3. The van der Waals surface area contributed by atoms with E-state index in [1.807, 2.05) is 30.3 Å². The van der Waals surface area contributed by atoms with Crippen molar-refractivity contribution >= 4 is 68.5 Å². The summed E-state index contributed by atoms with van der Waals surface area (Å²) in [5.74, 6) is 0.959. The number of ether oxygens (including phenoxy) is 2. The van der Waals surface area contributed by atoms with Gasteiger partial charge in [-0.15, -0.1) is 0 Å². The smallest absolute Gasteiger partial charge is 0.321 e. The van der Waals surface area contributed by atoms with Crippen molar-refractivity contribution in [3.8, 4) is 11.6 Å². The van der Waals surface area contributed by atoms with Crippen molar-refractivity contribution < 1.29 is 23.9 Å². The summed E-state index contributed by atoms with van der Waals surface area (Å²) < 4.78 is 15.1. The van der Waals surface area contributed by atoms with Gasteiger partial charge in [0.15, 0.2) is 0 Å². The lowest BCUT2D eigenvalue weighted by molar-refractivity contribution is 0.0215. The van der Waals surface area contributed by atoms with Crippen LogP contribution in [0.3, 0.4) is 0 Å². The van der Waals surface area contributed by atoms with E-state index in [0.29, 0.717) is 77.7 Å². The molecular weight excluding hydrogens is 1030 g/mol. The van der Waals surface area contributed by atoms with Gasteiger partial charge in [-0.25, -0.2) is 9.78 Å². The minimum Gasteiger partial charge on any atom is -0.489 e. The average molecular weight is 1110 g/mol. The van der Waals surface area contributed by atoms with Crippen LogP contribution < -0.4 is 25.4 Å². The van der Waals surface area contributed by atoms with Crippen LogP contribution in [-0.2, 0) is 13.1 Å². The molecule has 2 atom stereocenters. The fourth-order valence-corrected chi connectivity index (χ4v) is 13.6. The molecule has 2 unspecified atom stereocenters. The zero-order chi connectivity index (χ0) is 55.1. The van der Waals surface area contributed by atoms with Gasteiger partial charge in [0.05, 0.1) is 10.6 Å². The number of para-hydroxylation sites is 2. The maximum atomic E-state index is 13.9. The summed E-state index contributed by atoms with van der Waals surface area (Å²) in [6, 6.07) is 31.9. The fourth-order valence-electron chi connectivity index (χ4n) is 13.1. The highest BCUT2D eigenvalue weighted by molar-refractivity contribution is 6.32. The summed E-state index contributed by atoms with van der Waals surface area (Å²) in [5, 5.41) is 12.9. The molecule has 3 N–H and O–H groups in total. The first kappa shape index (κ1) is 56.4. The van der Waals surface area contributed by atoms with Crippen LogP contribution in [0, 0.1) is 5.92 Å². The molecule has 79 heavy (non-hydrogen) atoms. The van der Waals surface area contributed by atoms with Gasteiger partial charge in [-0.2, -0.15) is 0 Å². The Bertz CT molecular complexity index is 3080. The Kier molecular flexibility index (Phi) is 18.0. The summed E-state index contributed by atoms with van der Waals surface area (Å²) in [6.45, 7) is 8.95. The normalized spacial score (nSPS) is 20.4. The number of amides is 4. The number of rotatable bonds is 18. The minimum atomic E-state index is -0.221. The zero-order valence-electron chi connectivity index (χ0n) is 46.6. The van der Waals surface area contributed by atoms with Gasteiger partial charge < -0.3 is 39.8 Å². The van der Waals surface area contributed by atoms with Crippen molar-refractivity contribution in [3.63, 3.8) is 0 Å². The maximum absolute atomic E-state index is 13.9. The van der Waals surface area contributed by atoms with Gasteiger partial charge in [0.1, 0.15) is 23.0 Å². The highest BCUT2D eigenvalue weighted by atomic mass is 35.5. The lowest BCUT2D eigenvalue weighted by Crippen LogP contribution is -2.59. The molecule has 4 amide bonds. The molecule has 2 aliphatic heterocycles. The number of nitrogens with zero attached hydrogens (tertiary/aromatic N) is 6. The lowest BCUT2D eigenvalue weighted by Gasteiger charge is -2.50. The molecule has 4 fully saturated rings. The van der Waals surface area contributed by atoms with Crippen molar-refractivity contribution in [1.29, 1.82) is 0 Å². The Morgan fingerprint density at radius 1 is 0.684 bits per heavy atom. The average Bonchev–Trinajstić information content (AvgIpc) is 4.04. The largest absolute Gasteiger partial charge is 0.489 e. The molecule has 2 aromatic heterocycles. The van der Waals surface area contributed by atoms with E-state index in [2.05, 4.69) is 111 Å².